The lowest BCUT2D eigenvalue weighted by molar-refractivity contribution is 0.232. The second kappa shape index (κ2) is 4.91. The standard InChI is InChI=1S/C4H12N4O3S/c5-4(8-9)7-2-1-3-12(6,10)11/h9H,1-3H2,(H3,5,7,8)(H2,6,10,11). The minimum absolute atomic E-state index is 0.144. The molecule has 8 heteroatoms. The van der Waals surface area contributed by atoms with Crippen LogP contribution in [0.15, 0.2) is 4.99 Å². The van der Waals surface area contributed by atoms with Gasteiger partial charge in [-0.1, -0.05) is 0 Å². The van der Waals surface area contributed by atoms with Gasteiger partial charge in [0.2, 0.25) is 16.0 Å². The van der Waals surface area contributed by atoms with Gasteiger partial charge in [-0.25, -0.2) is 19.0 Å². The summed E-state index contributed by atoms with van der Waals surface area (Å²) < 4.78 is 20.8. The van der Waals surface area contributed by atoms with E-state index >= 15 is 0 Å². The van der Waals surface area contributed by atoms with Gasteiger partial charge in [0, 0.05) is 6.54 Å². The number of hydrogen-bond donors (Lipinski definition) is 4. The lowest BCUT2D eigenvalue weighted by Gasteiger charge is -1.97. The average molecular weight is 196 g/mol. The highest BCUT2D eigenvalue weighted by atomic mass is 32.2. The van der Waals surface area contributed by atoms with E-state index in [1.807, 2.05) is 0 Å². The number of sulfonamides is 1. The predicted molar refractivity (Wildman–Crippen MR) is 44.0 cm³/mol. The van der Waals surface area contributed by atoms with Crippen molar-refractivity contribution in [3.8, 4) is 0 Å². The zero-order chi connectivity index (χ0) is 9.61. The molecule has 0 aromatic heterocycles. The van der Waals surface area contributed by atoms with Crippen LogP contribution in [-0.2, 0) is 10.0 Å². The molecule has 0 saturated carbocycles. The molecule has 12 heavy (non-hydrogen) atoms. The van der Waals surface area contributed by atoms with Crippen LogP contribution in [0.1, 0.15) is 6.42 Å². The highest BCUT2D eigenvalue weighted by Gasteiger charge is 2.00. The summed E-state index contributed by atoms with van der Waals surface area (Å²) in [6.45, 7) is 0.204. The first kappa shape index (κ1) is 11.1. The fraction of sp³-hybridized carbons (Fsp3) is 0.750. The smallest absolute Gasteiger partial charge is 0.212 e. The van der Waals surface area contributed by atoms with Gasteiger partial charge in [-0.15, -0.1) is 0 Å². The van der Waals surface area contributed by atoms with Crippen LogP contribution in [0.25, 0.3) is 0 Å². The molecule has 0 amide bonds. The first-order valence-electron chi connectivity index (χ1n) is 3.16. The maximum atomic E-state index is 10.4. The molecule has 0 aliphatic rings. The summed E-state index contributed by atoms with van der Waals surface area (Å²) in [6.07, 6.45) is 0.279. The number of hydrogen-bond acceptors (Lipinski definition) is 4. The summed E-state index contributed by atoms with van der Waals surface area (Å²) in [5.41, 5.74) is 6.64. The third-order valence-electron chi connectivity index (χ3n) is 0.984. The molecule has 0 unspecified atom stereocenters. The molecule has 72 valence electrons. The monoisotopic (exact) mass is 196 g/mol. The van der Waals surface area contributed by atoms with Crippen LogP contribution in [-0.4, -0.2) is 31.9 Å². The third-order valence-corrected chi connectivity index (χ3v) is 1.84. The Morgan fingerprint density at radius 2 is 2.17 bits per heavy atom. The Bertz CT molecular complexity index is 247. The van der Waals surface area contributed by atoms with E-state index in [1.165, 1.54) is 0 Å². The number of primary sulfonamides is 1. The van der Waals surface area contributed by atoms with Crippen molar-refractivity contribution >= 4 is 16.0 Å². The van der Waals surface area contributed by atoms with Gasteiger partial charge in [-0.05, 0) is 6.42 Å². The lowest BCUT2D eigenvalue weighted by atomic mass is 10.5. The summed E-state index contributed by atoms with van der Waals surface area (Å²) in [6, 6.07) is 0. The van der Waals surface area contributed by atoms with Crippen LogP contribution in [0.4, 0.5) is 0 Å². The second-order valence-corrected chi connectivity index (χ2v) is 3.83. The van der Waals surface area contributed by atoms with Crippen molar-refractivity contribution < 1.29 is 13.6 Å². The Kier molecular flexibility index (Phi) is 4.55. The lowest BCUT2D eigenvalue weighted by Crippen LogP contribution is -2.28. The maximum Gasteiger partial charge on any atom is 0.212 e. The zero-order valence-electron chi connectivity index (χ0n) is 6.40. The normalized spacial score (nSPS) is 13.0. The minimum Gasteiger partial charge on any atom is -0.368 e. The molecule has 0 atom stereocenters. The van der Waals surface area contributed by atoms with Gasteiger partial charge in [0.15, 0.2) is 0 Å². The molecular formula is C4H12N4O3S. The van der Waals surface area contributed by atoms with Gasteiger partial charge < -0.3 is 5.73 Å². The van der Waals surface area contributed by atoms with Gasteiger partial charge in [0.05, 0.1) is 5.75 Å². The number of nitrogens with zero attached hydrogens (tertiary/aromatic N) is 1. The molecule has 0 aromatic carbocycles. The fourth-order valence-electron chi connectivity index (χ4n) is 0.501. The van der Waals surface area contributed by atoms with Crippen molar-refractivity contribution in [2.75, 3.05) is 12.3 Å². The Labute approximate surface area is 70.5 Å². The van der Waals surface area contributed by atoms with E-state index < -0.39 is 10.0 Å². The van der Waals surface area contributed by atoms with Crippen LogP contribution in [0.3, 0.4) is 0 Å². The highest BCUT2D eigenvalue weighted by Crippen LogP contribution is 1.85. The Morgan fingerprint density at radius 1 is 1.58 bits per heavy atom. The summed E-state index contributed by atoms with van der Waals surface area (Å²) in [5, 5.41) is 12.9. The molecule has 0 aromatic rings. The number of aliphatic imine (C=N–C) groups is 1. The first-order valence-corrected chi connectivity index (χ1v) is 4.88. The third kappa shape index (κ3) is 7.25. The summed E-state index contributed by atoms with van der Waals surface area (Å²) in [5.74, 6) is -0.292. The summed E-state index contributed by atoms with van der Waals surface area (Å²) in [4.78, 5) is 3.56. The van der Waals surface area contributed by atoms with E-state index in [9.17, 15) is 8.42 Å². The van der Waals surface area contributed by atoms with E-state index in [-0.39, 0.29) is 24.7 Å². The van der Waals surface area contributed by atoms with Crippen LogP contribution in [0.5, 0.6) is 0 Å². The van der Waals surface area contributed by atoms with Gasteiger partial charge in [-0.3, -0.25) is 10.2 Å². The van der Waals surface area contributed by atoms with E-state index in [0.717, 1.165) is 0 Å². The van der Waals surface area contributed by atoms with Gasteiger partial charge in [-0.2, -0.15) is 0 Å². The zero-order valence-corrected chi connectivity index (χ0v) is 7.21. The van der Waals surface area contributed by atoms with Crippen molar-refractivity contribution in [2.24, 2.45) is 15.9 Å². The molecular weight excluding hydrogens is 184 g/mol. The Morgan fingerprint density at radius 3 is 2.58 bits per heavy atom. The quantitative estimate of drug-likeness (QED) is 0.178. The number of nitrogens with two attached hydrogens (primary N) is 2. The van der Waals surface area contributed by atoms with Crippen molar-refractivity contribution in [3.63, 3.8) is 0 Å². The Balaban J connectivity index is 3.59. The predicted octanol–water partition coefficient (Wildman–Crippen LogP) is -2.04. The highest BCUT2D eigenvalue weighted by molar-refractivity contribution is 7.89. The van der Waals surface area contributed by atoms with Crippen molar-refractivity contribution in [3.05, 3.63) is 0 Å². The maximum absolute atomic E-state index is 10.4. The van der Waals surface area contributed by atoms with Gasteiger partial charge in [0.1, 0.15) is 0 Å². The first-order chi connectivity index (χ1) is 5.45. The molecule has 0 spiro atoms. The number of rotatable bonds is 4. The largest absolute Gasteiger partial charge is 0.368 e. The molecule has 6 N–H and O–H groups in total. The van der Waals surface area contributed by atoms with Crippen molar-refractivity contribution in [1.82, 2.24) is 5.48 Å². The van der Waals surface area contributed by atoms with Gasteiger partial charge >= 0.3 is 0 Å². The number of nitrogens with one attached hydrogen (secondary N) is 1. The Hall–Kier alpha value is -0.860. The van der Waals surface area contributed by atoms with E-state index in [0.29, 0.717) is 0 Å². The molecule has 0 aliphatic carbocycles. The topological polar surface area (TPSA) is 131 Å². The molecule has 0 aliphatic heterocycles. The minimum atomic E-state index is -3.42. The number of guanidine groups is 1. The molecule has 0 radical (unpaired) electrons. The second-order valence-electron chi connectivity index (χ2n) is 2.10. The molecule has 0 rings (SSSR count). The van der Waals surface area contributed by atoms with E-state index in [2.05, 4.69) is 4.99 Å². The number of hydroxylamine groups is 1. The van der Waals surface area contributed by atoms with E-state index in [4.69, 9.17) is 16.1 Å². The average Bonchev–Trinajstić information content (AvgIpc) is 1.96. The van der Waals surface area contributed by atoms with Crippen LogP contribution < -0.4 is 16.4 Å². The molecule has 0 fully saturated rings. The molecule has 7 nitrogen and oxygen atoms in total. The SMILES string of the molecule is NC(=NCCCS(N)(=O)=O)NO. The molecule has 0 bridgehead atoms. The summed E-state index contributed by atoms with van der Waals surface area (Å²) >= 11 is 0. The van der Waals surface area contributed by atoms with Crippen molar-refractivity contribution in [2.45, 2.75) is 6.42 Å². The molecule has 0 saturated heterocycles. The van der Waals surface area contributed by atoms with Crippen LogP contribution >= 0.6 is 0 Å². The van der Waals surface area contributed by atoms with Crippen LogP contribution in [0.2, 0.25) is 0 Å². The van der Waals surface area contributed by atoms with Crippen molar-refractivity contribution in [1.29, 1.82) is 0 Å². The summed E-state index contributed by atoms with van der Waals surface area (Å²) in [7, 11) is -3.42. The van der Waals surface area contributed by atoms with Crippen LogP contribution in [0, 0.1) is 0 Å². The van der Waals surface area contributed by atoms with Gasteiger partial charge in [0.25, 0.3) is 0 Å². The fourth-order valence-corrected chi connectivity index (χ4v) is 1.03. The molecule has 0 heterocycles. The van der Waals surface area contributed by atoms with E-state index in [1.54, 1.807) is 5.48 Å².